The topological polar surface area (TPSA) is 38.4 Å². The van der Waals surface area contributed by atoms with Crippen molar-refractivity contribution in [3.05, 3.63) is 0 Å². The van der Waals surface area contributed by atoms with Crippen LogP contribution in [0.2, 0.25) is 0 Å². The van der Waals surface area contributed by atoms with E-state index in [2.05, 4.69) is 25.8 Å². The summed E-state index contributed by atoms with van der Waals surface area (Å²) in [6, 6.07) is 0. The number of nitrogens with two attached hydrogens (primary N) is 1. The monoisotopic (exact) mass is 156 g/mol. The molecule has 0 aromatic rings. The van der Waals surface area contributed by atoms with E-state index >= 15 is 0 Å². The van der Waals surface area contributed by atoms with Crippen molar-refractivity contribution in [1.29, 1.82) is 0 Å². The first-order valence-electron chi connectivity index (χ1n) is 4.42. The van der Waals surface area contributed by atoms with Crippen LogP contribution in [0, 0.1) is 0 Å². The SMILES string of the molecule is CCC(N)=NC(C)(CC)CC. The number of hydrogen-bond donors (Lipinski definition) is 1. The van der Waals surface area contributed by atoms with Gasteiger partial charge in [0.05, 0.1) is 11.4 Å². The number of aliphatic imine (C=N–C) groups is 1. The predicted molar refractivity (Wildman–Crippen MR) is 50.9 cm³/mol. The van der Waals surface area contributed by atoms with Crippen molar-refractivity contribution in [2.45, 2.75) is 52.5 Å². The highest BCUT2D eigenvalue weighted by Crippen LogP contribution is 2.19. The van der Waals surface area contributed by atoms with Gasteiger partial charge in [0.25, 0.3) is 0 Å². The van der Waals surface area contributed by atoms with E-state index in [-0.39, 0.29) is 5.54 Å². The molecule has 0 saturated heterocycles. The van der Waals surface area contributed by atoms with Crippen molar-refractivity contribution in [2.24, 2.45) is 10.7 Å². The maximum Gasteiger partial charge on any atom is 0.0941 e. The minimum absolute atomic E-state index is 0.0695. The molecule has 0 heterocycles. The van der Waals surface area contributed by atoms with Crippen LogP contribution in [0.5, 0.6) is 0 Å². The minimum atomic E-state index is 0.0695. The first kappa shape index (κ1) is 10.5. The van der Waals surface area contributed by atoms with Crippen LogP contribution in [0.25, 0.3) is 0 Å². The average molecular weight is 156 g/mol. The summed E-state index contributed by atoms with van der Waals surface area (Å²) in [5.41, 5.74) is 5.73. The second-order valence-corrected chi connectivity index (χ2v) is 3.16. The fraction of sp³-hybridized carbons (Fsp3) is 0.889. The minimum Gasteiger partial charge on any atom is -0.387 e. The lowest BCUT2D eigenvalue weighted by atomic mass is 9.96. The zero-order valence-electron chi connectivity index (χ0n) is 8.15. The lowest BCUT2D eigenvalue weighted by molar-refractivity contribution is 0.440. The van der Waals surface area contributed by atoms with E-state index in [9.17, 15) is 0 Å². The van der Waals surface area contributed by atoms with Crippen LogP contribution in [0.1, 0.15) is 47.0 Å². The van der Waals surface area contributed by atoms with Gasteiger partial charge >= 0.3 is 0 Å². The van der Waals surface area contributed by atoms with Crippen molar-refractivity contribution >= 4 is 5.84 Å². The summed E-state index contributed by atoms with van der Waals surface area (Å²) in [5.74, 6) is 0.774. The lowest BCUT2D eigenvalue weighted by Crippen LogP contribution is -2.24. The molecular weight excluding hydrogens is 136 g/mol. The Morgan fingerprint density at radius 1 is 1.27 bits per heavy atom. The van der Waals surface area contributed by atoms with Gasteiger partial charge in [0, 0.05) is 6.42 Å². The van der Waals surface area contributed by atoms with Crippen molar-refractivity contribution in [2.75, 3.05) is 0 Å². The van der Waals surface area contributed by atoms with Gasteiger partial charge in [-0.05, 0) is 19.8 Å². The van der Waals surface area contributed by atoms with Gasteiger partial charge in [0.15, 0.2) is 0 Å². The third-order valence-electron chi connectivity index (χ3n) is 2.30. The summed E-state index contributed by atoms with van der Waals surface area (Å²) in [6.45, 7) is 8.48. The maximum atomic E-state index is 5.66. The van der Waals surface area contributed by atoms with Gasteiger partial charge in [0.2, 0.25) is 0 Å². The molecular formula is C9H20N2. The number of rotatable bonds is 4. The Kier molecular flexibility index (Phi) is 4.16. The second kappa shape index (κ2) is 4.37. The van der Waals surface area contributed by atoms with E-state index < -0.39 is 0 Å². The molecule has 0 saturated carbocycles. The van der Waals surface area contributed by atoms with E-state index in [1.165, 1.54) is 0 Å². The molecule has 0 rings (SSSR count). The molecule has 0 fully saturated rings. The molecule has 2 N–H and O–H groups in total. The van der Waals surface area contributed by atoms with Crippen molar-refractivity contribution in [1.82, 2.24) is 0 Å². The highest BCUT2D eigenvalue weighted by molar-refractivity contribution is 5.80. The molecule has 0 radical (unpaired) electrons. The summed E-state index contributed by atoms with van der Waals surface area (Å²) >= 11 is 0. The molecule has 0 bridgehead atoms. The molecule has 0 aliphatic rings. The Bertz CT molecular complexity index is 134. The van der Waals surface area contributed by atoms with Crippen LogP contribution >= 0.6 is 0 Å². The zero-order chi connectivity index (χ0) is 8.91. The first-order valence-corrected chi connectivity index (χ1v) is 4.42. The van der Waals surface area contributed by atoms with E-state index in [1.807, 2.05) is 6.92 Å². The van der Waals surface area contributed by atoms with Gasteiger partial charge in [-0.25, -0.2) is 0 Å². The Balaban J connectivity index is 4.27. The van der Waals surface area contributed by atoms with Gasteiger partial charge in [-0.2, -0.15) is 0 Å². The quantitative estimate of drug-likeness (QED) is 0.492. The van der Waals surface area contributed by atoms with Crippen LogP contribution in [0.15, 0.2) is 4.99 Å². The smallest absolute Gasteiger partial charge is 0.0941 e. The van der Waals surface area contributed by atoms with E-state index in [0.29, 0.717) is 0 Å². The number of amidine groups is 1. The fourth-order valence-electron chi connectivity index (χ4n) is 0.834. The first-order chi connectivity index (χ1) is 5.08. The molecule has 0 aromatic carbocycles. The van der Waals surface area contributed by atoms with E-state index in [0.717, 1.165) is 25.1 Å². The van der Waals surface area contributed by atoms with Crippen molar-refractivity contribution < 1.29 is 0 Å². The summed E-state index contributed by atoms with van der Waals surface area (Å²) in [7, 11) is 0. The Hall–Kier alpha value is -0.530. The summed E-state index contributed by atoms with van der Waals surface area (Å²) < 4.78 is 0. The second-order valence-electron chi connectivity index (χ2n) is 3.16. The summed E-state index contributed by atoms with van der Waals surface area (Å²) in [6.07, 6.45) is 2.98. The molecule has 11 heavy (non-hydrogen) atoms. The third kappa shape index (κ3) is 3.40. The Morgan fingerprint density at radius 2 is 1.73 bits per heavy atom. The molecule has 0 aliphatic carbocycles. The molecule has 0 aliphatic heterocycles. The van der Waals surface area contributed by atoms with E-state index in [1.54, 1.807) is 0 Å². The molecule has 0 aromatic heterocycles. The fourth-order valence-corrected chi connectivity index (χ4v) is 0.834. The van der Waals surface area contributed by atoms with Gasteiger partial charge in [-0.3, -0.25) is 4.99 Å². The zero-order valence-corrected chi connectivity index (χ0v) is 8.15. The van der Waals surface area contributed by atoms with Crippen LogP contribution in [0.4, 0.5) is 0 Å². The summed E-state index contributed by atoms with van der Waals surface area (Å²) in [4.78, 5) is 4.46. The van der Waals surface area contributed by atoms with Crippen LogP contribution < -0.4 is 5.73 Å². The number of hydrogen-bond acceptors (Lipinski definition) is 1. The molecule has 2 nitrogen and oxygen atoms in total. The highest BCUT2D eigenvalue weighted by Gasteiger charge is 2.17. The van der Waals surface area contributed by atoms with Gasteiger partial charge in [0.1, 0.15) is 0 Å². The largest absolute Gasteiger partial charge is 0.387 e. The van der Waals surface area contributed by atoms with Gasteiger partial charge in [-0.15, -0.1) is 0 Å². The normalized spacial score (nSPS) is 13.6. The van der Waals surface area contributed by atoms with E-state index in [4.69, 9.17) is 5.73 Å². The number of nitrogens with zero attached hydrogens (tertiary/aromatic N) is 1. The van der Waals surface area contributed by atoms with Gasteiger partial charge < -0.3 is 5.73 Å². The van der Waals surface area contributed by atoms with Gasteiger partial charge in [-0.1, -0.05) is 20.8 Å². The van der Waals surface area contributed by atoms with Crippen molar-refractivity contribution in [3.8, 4) is 0 Å². The highest BCUT2D eigenvalue weighted by atomic mass is 14.9. The molecule has 0 atom stereocenters. The molecule has 0 spiro atoms. The maximum absolute atomic E-state index is 5.66. The molecule has 2 heteroatoms. The predicted octanol–water partition coefficient (Wildman–Crippen LogP) is 2.33. The van der Waals surface area contributed by atoms with Crippen LogP contribution in [0.3, 0.4) is 0 Å². The average Bonchev–Trinajstić information content (AvgIpc) is 2.04. The third-order valence-corrected chi connectivity index (χ3v) is 2.30. The Labute approximate surface area is 69.9 Å². The Morgan fingerprint density at radius 3 is 2.00 bits per heavy atom. The standard InChI is InChI=1S/C9H20N2/c1-5-8(10)11-9(4,6-2)7-3/h5-7H2,1-4H3,(H2,10,11). The molecule has 0 unspecified atom stereocenters. The lowest BCUT2D eigenvalue weighted by Gasteiger charge is -2.21. The van der Waals surface area contributed by atoms with Crippen molar-refractivity contribution in [3.63, 3.8) is 0 Å². The molecule has 0 amide bonds. The van der Waals surface area contributed by atoms with Crippen LogP contribution in [-0.4, -0.2) is 11.4 Å². The summed E-state index contributed by atoms with van der Waals surface area (Å²) in [5, 5.41) is 0. The molecule has 66 valence electrons. The van der Waals surface area contributed by atoms with Crippen LogP contribution in [-0.2, 0) is 0 Å².